The maximum absolute atomic E-state index is 7.00. The van der Waals surface area contributed by atoms with E-state index in [1.54, 1.807) is 7.11 Å². The van der Waals surface area contributed by atoms with Crippen LogP contribution in [-0.2, 0) is 0 Å². The van der Waals surface area contributed by atoms with E-state index in [4.69, 9.17) is 21.4 Å². The third-order valence-corrected chi connectivity index (χ3v) is 2.96. The van der Waals surface area contributed by atoms with Crippen LogP contribution in [0.4, 0.5) is 0 Å². The molecule has 1 N–H and O–H groups in total. The fourth-order valence-corrected chi connectivity index (χ4v) is 2.23. The van der Waals surface area contributed by atoms with Gasteiger partial charge in [0.25, 0.3) is 0 Å². The lowest BCUT2D eigenvalue weighted by Crippen LogP contribution is -2.33. The highest BCUT2D eigenvalue weighted by Crippen LogP contribution is 2.15. The summed E-state index contributed by atoms with van der Waals surface area (Å²) >= 11 is 6.18. The molecule has 1 aromatic rings. The molecule has 4 heteroatoms. The van der Waals surface area contributed by atoms with Crippen LogP contribution in [0.2, 0.25) is 5.02 Å². The maximum atomic E-state index is 7.00. The van der Waals surface area contributed by atoms with Crippen molar-refractivity contribution >= 4 is 17.7 Å². The molecule has 1 atom stereocenters. The molecule has 0 bridgehead atoms. The quantitative estimate of drug-likeness (QED) is 0.826. The first-order chi connectivity index (χ1) is 8.13. The highest BCUT2D eigenvalue weighted by atomic mass is 35.5. The van der Waals surface area contributed by atoms with Crippen molar-refractivity contribution in [2.45, 2.75) is 26.3 Å². The Morgan fingerprint density at radius 1 is 1.47 bits per heavy atom. The summed E-state index contributed by atoms with van der Waals surface area (Å²) in [5.74, 6) is 0.845. The zero-order chi connectivity index (χ0) is 13.0. The number of hydrogen-bond donors (Lipinski definition) is 1. The predicted molar refractivity (Wildman–Crippen MR) is 70.2 cm³/mol. The van der Waals surface area contributed by atoms with E-state index in [0.29, 0.717) is 6.04 Å². The van der Waals surface area contributed by atoms with Crippen LogP contribution in [0.3, 0.4) is 0 Å². The predicted octanol–water partition coefficient (Wildman–Crippen LogP) is 1.46. The summed E-state index contributed by atoms with van der Waals surface area (Å²) in [4.78, 5) is 4.60. The van der Waals surface area contributed by atoms with Crippen molar-refractivity contribution in [2.75, 3.05) is 14.2 Å². The van der Waals surface area contributed by atoms with Gasteiger partial charge in [0.1, 0.15) is 11.1 Å². The largest absolute Gasteiger partial charge is 0.494 e. The van der Waals surface area contributed by atoms with Crippen molar-refractivity contribution in [3.05, 3.63) is 27.2 Å². The second-order valence-electron chi connectivity index (χ2n) is 3.89. The Morgan fingerprint density at radius 3 is 2.71 bits per heavy atom. The second kappa shape index (κ2) is 6.03. The summed E-state index contributed by atoms with van der Waals surface area (Å²) < 4.78 is 5.37. The van der Waals surface area contributed by atoms with E-state index in [0.717, 1.165) is 40.4 Å². The average Bonchev–Trinajstić information content (AvgIpc) is 2.31. The van der Waals surface area contributed by atoms with E-state index in [-0.39, 0.29) is 0 Å². The summed E-state index contributed by atoms with van der Waals surface area (Å²) in [5, 5.41) is 9.68. The molecule has 0 aromatic heterocycles. The van der Waals surface area contributed by atoms with Crippen molar-refractivity contribution in [3.63, 3.8) is 0 Å². The molecule has 0 saturated heterocycles. The van der Waals surface area contributed by atoms with Crippen LogP contribution in [0.15, 0.2) is 11.1 Å². The number of aliphatic hydroxyl groups is 1. The fourth-order valence-electron chi connectivity index (χ4n) is 1.90. The summed E-state index contributed by atoms with van der Waals surface area (Å²) in [7, 11) is 2.67. The van der Waals surface area contributed by atoms with Crippen LogP contribution in [0, 0.1) is 6.92 Å². The molecule has 2 rings (SSSR count). The topological polar surface area (TPSA) is 41.8 Å². The molecule has 0 radical (unpaired) electrons. The normalized spacial score (nSPS) is 16.9. The highest BCUT2D eigenvalue weighted by Gasteiger charge is 2.11. The van der Waals surface area contributed by atoms with Crippen LogP contribution in [-0.4, -0.2) is 25.4 Å². The summed E-state index contributed by atoms with van der Waals surface area (Å²) in [6.07, 6.45) is 3.08. The molecule has 3 nitrogen and oxygen atoms in total. The fraction of sp³-hybridized carbons (Fsp3) is 0.462. The minimum absolute atomic E-state index is 0.310. The first-order valence-electron chi connectivity index (χ1n) is 5.49. The zero-order valence-electron chi connectivity index (χ0n) is 10.6. The molecule has 1 heterocycles. The van der Waals surface area contributed by atoms with E-state index >= 15 is 0 Å². The van der Waals surface area contributed by atoms with E-state index in [1.807, 2.05) is 13.0 Å². The molecule has 1 aliphatic rings. The number of fused-ring (bicyclic) bond motifs is 1. The molecular weight excluding hydrogens is 238 g/mol. The van der Waals surface area contributed by atoms with Gasteiger partial charge in [-0.15, -0.1) is 0 Å². The van der Waals surface area contributed by atoms with Crippen molar-refractivity contribution in [1.82, 2.24) is 0 Å². The minimum Gasteiger partial charge on any atom is -0.494 e. The van der Waals surface area contributed by atoms with Crippen molar-refractivity contribution < 1.29 is 9.84 Å². The Labute approximate surface area is 106 Å². The number of hydrogen-bond acceptors (Lipinski definition) is 3. The van der Waals surface area contributed by atoms with Crippen LogP contribution in [0.25, 0.3) is 6.08 Å². The molecule has 0 fully saturated rings. The Morgan fingerprint density at radius 2 is 2.12 bits per heavy atom. The lowest BCUT2D eigenvalue weighted by atomic mass is 10.1. The maximum Gasteiger partial charge on any atom is 0.147 e. The lowest BCUT2D eigenvalue weighted by molar-refractivity contribution is 0.399. The summed E-state index contributed by atoms with van der Waals surface area (Å²) in [6, 6.07) is 2.24. The SMILES string of the molecule is CO.COc1c(C)cc(Cl)c2c1=N[C@@H](C)CC=2. The number of nitrogens with zero attached hydrogens (tertiary/aromatic N) is 1. The van der Waals surface area contributed by atoms with Gasteiger partial charge in [0.05, 0.1) is 18.2 Å². The Bertz CT molecular complexity index is 511. The molecule has 94 valence electrons. The molecule has 0 saturated carbocycles. The van der Waals surface area contributed by atoms with E-state index in [1.165, 1.54) is 0 Å². The van der Waals surface area contributed by atoms with Gasteiger partial charge in [0.2, 0.25) is 0 Å². The van der Waals surface area contributed by atoms with Crippen molar-refractivity contribution in [3.8, 4) is 5.75 Å². The molecule has 17 heavy (non-hydrogen) atoms. The van der Waals surface area contributed by atoms with Gasteiger partial charge in [-0.2, -0.15) is 0 Å². The number of aryl methyl sites for hydroxylation is 1. The third-order valence-electron chi connectivity index (χ3n) is 2.65. The van der Waals surface area contributed by atoms with Crippen LogP contribution in [0.5, 0.6) is 5.75 Å². The second-order valence-corrected chi connectivity index (χ2v) is 4.30. The van der Waals surface area contributed by atoms with Gasteiger partial charge in [-0.1, -0.05) is 17.7 Å². The van der Waals surface area contributed by atoms with Crippen LogP contribution in [0.1, 0.15) is 18.9 Å². The van der Waals surface area contributed by atoms with Crippen molar-refractivity contribution in [1.29, 1.82) is 0 Å². The molecule has 1 aliphatic heterocycles. The van der Waals surface area contributed by atoms with E-state index < -0.39 is 0 Å². The Kier molecular flexibility index (Phi) is 4.97. The number of rotatable bonds is 1. The molecule has 0 amide bonds. The van der Waals surface area contributed by atoms with Gasteiger partial charge in [0.15, 0.2) is 0 Å². The standard InChI is InChI=1S/C12H14ClNO.CH4O/c1-7-6-10(13)9-5-4-8(2)14-11(9)12(7)15-3;1-2/h5-6,8H,4H2,1-3H3;2H,1H3/t8-;/m0./s1. The van der Waals surface area contributed by atoms with Gasteiger partial charge in [-0.05, 0) is 31.9 Å². The number of aliphatic hydroxyl groups excluding tert-OH is 1. The van der Waals surface area contributed by atoms with Gasteiger partial charge >= 0.3 is 0 Å². The zero-order valence-corrected chi connectivity index (χ0v) is 11.4. The minimum atomic E-state index is 0.310. The van der Waals surface area contributed by atoms with Gasteiger partial charge in [-0.3, -0.25) is 4.99 Å². The smallest absolute Gasteiger partial charge is 0.147 e. The molecular formula is C13H18ClNO2. The highest BCUT2D eigenvalue weighted by molar-refractivity contribution is 6.30. The first kappa shape index (κ1) is 14.0. The third kappa shape index (κ3) is 2.79. The molecule has 0 aliphatic carbocycles. The lowest BCUT2D eigenvalue weighted by Gasteiger charge is -2.13. The van der Waals surface area contributed by atoms with Gasteiger partial charge < -0.3 is 9.84 Å². The van der Waals surface area contributed by atoms with Gasteiger partial charge in [-0.25, -0.2) is 0 Å². The van der Waals surface area contributed by atoms with E-state index in [2.05, 4.69) is 18.0 Å². The van der Waals surface area contributed by atoms with Gasteiger partial charge in [0, 0.05) is 12.3 Å². The number of benzene rings is 1. The Balaban J connectivity index is 0.000000686. The number of halogens is 1. The molecule has 1 aromatic carbocycles. The monoisotopic (exact) mass is 255 g/mol. The number of ether oxygens (including phenoxy) is 1. The van der Waals surface area contributed by atoms with Crippen LogP contribution >= 0.6 is 11.6 Å². The summed E-state index contributed by atoms with van der Waals surface area (Å²) in [6.45, 7) is 4.08. The Hall–Kier alpha value is -1.06. The number of methoxy groups -OCH3 is 1. The van der Waals surface area contributed by atoms with E-state index in [9.17, 15) is 0 Å². The average molecular weight is 256 g/mol. The molecule has 0 unspecified atom stereocenters. The summed E-state index contributed by atoms with van der Waals surface area (Å²) in [5.41, 5.74) is 1.03. The van der Waals surface area contributed by atoms with Crippen LogP contribution < -0.4 is 15.3 Å². The molecule has 0 spiro atoms. The van der Waals surface area contributed by atoms with Crippen molar-refractivity contribution in [2.24, 2.45) is 4.99 Å². The first-order valence-corrected chi connectivity index (χ1v) is 5.87.